The van der Waals surface area contributed by atoms with Crippen molar-refractivity contribution in [1.29, 1.82) is 0 Å². The number of rotatable bonds is 7. The van der Waals surface area contributed by atoms with E-state index in [1.54, 1.807) is 10.9 Å². The van der Waals surface area contributed by atoms with Gasteiger partial charge in [-0.05, 0) is 34.4 Å². The normalized spacial score (nSPS) is 11.6. The number of tetrazole rings is 1. The summed E-state index contributed by atoms with van der Waals surface area (Å²) in [6.07, 6.45) is 2.55. The molecule has 8 heteroatoms. The fourth-order valence-corrected chi connectivity index (χ4v) is 2.41. The lowest BCUT2D eigenvalue weighted by molar-refractivity contribution is -0.118. The molecule has 0 atom stereocenters. The minimum atomic E-state index is -0.0122. The van der Waals surface area contributed by atoms with Crippen LogP contribution in [0.4, 0.5) is 0 Å². The summed E-state index contributed by atoms with van der Waals surface area (Å²) in [4.78, 5) is 11.8. The maximum atomic E-state index is 11.8. The summed E-state index contributed by atoms with van der Waals surface area (Å²) in [6, 6.07) is 3.67. The Bertz CT molecular complexity index is 589. The number of carbonyl (C=O) groups excluding carboxylic acids is 1. The number of hydrogen-bond acceptors (Lipinski definition) is 6. The number of thioether (sulfide) groups is 1. The van der Waals surface area contributed by atoms with Gasteiger partial charge in [-0.25, -0.2) is 4.68 Å². The summed E-state index contributed by atoms with van der Waals surface area (Å²) in [7, 11) is 0. The molecule has 0 fully saturated rings. The van der Waals surface area contributed by atoms with E-state index in [2.05, 4.69) is 41.6 Å². The zero-order chi connectivity index (χ0) is 16.0. The Morgan fingerprint density at radius 3 is 2.95 bits per heavy atom. The van der Waals surface area contributed by atoms with Gasteiger partial charge in [-0.3, -0.25) is 4.79 Å². The molecule has 0 saturated heterocycles. The van der Waals surface area contributed by atoms with E-state index in [0.717, 1.165) is 12.2 Å². The molecule has 0 saturated carbocycles. The van der Waals surface area contributed by atoms with Crippen molar-refractivity contribution in [3.63, 3.8) is 0 Å². The molecule has 1 N–H and O–H groups in total. The number of furan rings is 1. The first kappa shape index (κ1) is 16.5. The van der Waals surface area contributed by atoms with Crippen molar-refractivity contribution >= 4 is 17.7 Å². The van der Waals surface area contributed by atoms with Gasteiger partial charge >= 0.3 is 0 Å². The van der Waals surface area contributed by atoms with Crippen LogP contribution < -0.4 is 5.32 Å². The zero-order valence-electron chi connectivity index (χ0n) is 13.1. The fraction of sp³-hybridized carbons (Fsp3) is 0.571. The van der Waals surface area contributed by atoms with E-state index in [1.807, 2.05) is 12.1 Å². The van der Waals surface area contributed by atoms with Crippen LogP contribution in [0.15, 0.2) is 28.0 Å². The number of carbonyl (C=O) groups is 1. The molecule has 0 aromatic carbocycles. The largest absolute Gasteiger partial charge is 0.467 e. The van der Waals surface area contributed by atoms with Crippen LogP contribution >= 0.6 is 11.8 Å². The van der Waals surface area contributed by atoms with Gasteiger partial charge in [0.2, 0.25) is 11.1 Å². The lowest BCUT2D eigenvalue weighted by Gasteiger charge is -2.17. The van der Waals surface area contributed by atoms with Gasteiger partial charge in [0.15, 0.2) is 0 Å². The number of amides is 1. The summed E-state index contributed by atoms with van der Waals surface area (Å²) in [6.45, 7) is 7.58. The predicted octanol–water partition coefficient (Wildman–Crippen LogP) is 1.96. The third-order valence-electron chi connectivity index (χ3n) is 2.91. The highest BCUT2D eigenvalue weighted by Gasteiger charge is 2.13. The second-order valence-electron chi connectivity index (χ2n) is 6.15. The summed E-state index contributed by atoms with van der Waals surface area (Å²) in [5.41, 5.74) is 0.216. The first-order chi connectivity index (χ1) is 10.4. The minimum absolute atomic E-state index is 0.0122. The quantitative estimate of drug-likeness (QED) is 0.784. The van der Waals surface area contributed by atoms with Crippen molar-refractivity contribution in [3.05, 3.63) is 24.2 Å². The molecule has 0 radical (unpaired) electrons. The molecular formula is C14H21N5O2S. The Kier molecular flexibility index (Phi) is 5.59. The SMILES string of the molecule is CC(C)(C)CCNC(=O)CSc1nnnn1Cc1ccco1. The topological polar surface area (TPSA) is 85.8 Å². The van der Waals surface area contributed by atoms with E-state index in [0.29, 0.717) is 24.0 Å². The second-order valence-corrected chi connectivity index (χ2v) is 7.09. The van der Waals surface area contributed by atoms with Gasteiger partial charge in [0, 0.05) is 6.54 Å². The molecule has 0 spiro atoms. The standard InChI is InChI=1S/C14H21N5O2S/c1-14(2,3)6-7-15-12(20)10-22-13-16-17-18-19(13)9-11-5-4-8-21-11/h4-5,8H,6-7,9-10H2,1-3H3,(H,15,20). The molecular weight excluding hydrogens is 302 g/mol. The molecule has 0 aliphatic carbocycles. The molecule has 7 nitrogen and oxygen atoms in total. The lowest BCUT2D eigenvalue weighted by Crippen LogP contribution is -2.28. The van der Waals surface area contributed by atoms with Gasteiger partial charge in [0.1, 0.15) is 12.3 Å². The van der Waals surface area contributed by atoms with Crippen LogP contribution in [0.3, 0.4) is 0 Å². The average Bonchev–Trinajstić information content (AvgIpc) is 3.07. The molecule has 120 valence electrons. The minimum Gasteiger partial charge on any atom is -0.467 e. The number of hydrogen-bond donors (Lipinski definition) is 1. The van der Waals surface area contributed by atoms with Gasteiger partial charge in [-0.15, -0.1) is 5.10 Å². The van der Waals surface area contributed by atoms with E-state index in [-0.39, 0.29) is 11.3 Å². The molecule has 2 aromatic rings. The Hall–Kier alpha value is -1.83. The van der Waals surface area contributed by atoms with Crippen molar-refractivity contribution in [2.24, 2.45) is 5.41 Å². The number of aromatic nitrogens is 4. The predicted molar refractivity (Wildman–Crippen MR) is 83.4 cm³/mol. The van der Waals surface area contributed by atoms with Crippen molar-refractivity contribution in [2.45, 2.75) is 38.9 Å². The van der Waals surface area contributed by atoms with Gasteiger partial charge < -0.3 is 9.73 Å². The van der Waals surface area contributed by atoms with Crippen LogP contribution in [0, 0.1) is 5.41 Å². The van der Waals surface area contributed by atoms with Crippen LogP contribution in [0.2, 0.25) is 0 Å². The van der Waals surface area contributed by atoms with Crippen molar-refractivity contribution in [1.82, 2.24) is 25.5 Å². The number of nitrogens with zero attached hydrogens (tertiary/aromatic N) is 4. The van der Waals surface area contributed by atoms with E-state index < -0.39 is 0 Å². The van der Waals surface area contributed by atoms with Crippen LogP contribution in [0.5, 0.6) is 0 Å². The molecule has 2 heterocycles. The van der Waals surface area contributed by atoms with Crippen LogP contribution in [0.1, 0.15) is 33.0 Å². The summed E-state index contributed by atoms with van der Waals surface area (Å²) in [5, 5.41) is 15.0. The summed E-state index contributed by atoms with van der Waals surface area (Å²) >= 11 is 1.31. The molecule has 1 amide bonds. The highest BCUT2D eigenvalue weighted by Crippen LogP contribution is 2.17. The molecule has 0 aliphatic rings. The molecule has 22 heavy (non-hydrogen) atoms. The smallest absolute Gasteiger partial charge is 0.230 e. The number of nitrogens with one attached hydrogen (secondary N) is 1. The molecule has 0 bridgehead atoms. The highest BCUT2D eigenvalue weighted by molar-refractivity contribution is 7.99. The fourth-order valence-electron chi connectivity index (χ4n) is 1.71. The second kappa shape index (κ2) is 7.44. The highest BCUT2D eigenvalue weighted by atomic mass is 32.2. The maximum Gasteiger partial charge on any atom is 0.230 e. The third kappa shape index (κ3) is 5.51. The molecule has 0 unspecified atom stereocenters. The average molecular weight is 323 g/mol. The van der Waals surface area contributed by atoms with E-state index in [1.165, 1.54) is 11.8 Å². The summed E-state index contributed by atoms with van der Waals surface area (Å²) in [5.74, 6) is 1.05. The van der Waals surface area contributed by atoms with Crippen molar-refractivity contribution < 1.29 is 9.21 Å². The molecule has 0 aliphatic heterocycles. The zero-order valence-corrected chi connectivity index (χ0v) is 13.9. The monoisotopic (exact) mass is 323 g/mol. The van der Waals surface area contributed by atoms with E-state index in [4.69, 9.17) is 4.42 Å². The molecule has 2 aromatic heterocycles. The maximum absolute atomic E-state index is 11.8. The van der Waals surface area contributed by atoms with Gasteiger partial charge in [0.25, 0.3) is 0 Å². The lowest BCUT2D eigenvalue weighted by atomic mass is 9.92. The van der Waals surface area contributed by atoms with Crippen LogP contribution in [-0.2, 0) is 11.3 Å². The Labute approximate surface area is 133 Å². The van der Waals surface area contributed by atoms with Crippen molar-refractivity contribution in [2.75, 3.05) is 12.3 Å². The first-order valence-corrected chi connectivity index (χ1v) is 8.11. The Morgan fingerprint density at radius 2 is 2.27 bits per heavy atom. The van der Waals surface area contributed by atoms with Crippen LogP contribution in [-0.4, -0.2) is 38.4 Å². The van der Waals surface area contributed by atoms with Gasteiger partial charge in [0.05, 0.1) is 12.0 Å². The van der Waals surface area contributed by atoms with Crippen molar-refractivity contribution in [3.8, 4) is 0 Å². The first-order valence-electron chi connectivity index (χ1n) is 7.12. The third-order valence-corrected chi connectivity index (χ3v) is 3.87. The van der Waals surface area contributed by atoms with E-state index in [9.17, 15) is 4.79 Å². The van der Waals surface area contributed by atoms with Gasteiger partial charge in [-0.2, -0.15) is 0 Å². The summed E-state index contributed by atoms with van der Waals surface area (Å²) < 4.78 is 6.88. The Balaban J connectivity index is 1.77. The molecule has 2 rings (SSSR count). The van der Waals surface area contributed by atoms with Gasteiger partial charge in [-0.1, -0.05) is 32.5 Å². The van der Waals surface area contributed by atoms with Crippen LogP contribution in [0.25, 0.3) is 0 Å². The van der Waals surface area contributed by atoms with E-state index >= 15 is 0 Å². The Morgan fingerprint density at radius 1 is 1.45 bits per heavy atom.